The Morgan fingerprint density at radius 2 is 2.00 bits per heavy atom. The fraction of sp³-hybridized carbons (Fsp3) is 0.833. The van der Waals surface area contributed by atoms with E-state index < -0.39 is 6.16 Å². The van der Waals surface area contributed by atoms with Gasteiger partial charge in [-0.2, -0.15) is 9.90 Å². The second-order valence-corrected chi connectivity index (χ2v) is 1.71. The highest BCUT2D eigenvalue weighted by Crippen LogP contribution is 1.82. The largest absolute Gasteiger partial charge is 0.550 e. The van der Waals surface area contributed by atoms with E-state index in [0.717, 1.165) is 6.42 Å². The van der Waals surface area contributed by atoms with Gasteiger partial charge in [-0.15, -0.1) is 0 Å². The first kappa shape index (κ1) is 9.23. The van der Waals surface area contributed by atoms with Gasteiger partial charge in [0.2, 0.25) is 0 Å². The molecule has 0 atom stereocenters. The Kier molecular flexibility index (Phi) is 5.86. The van der Waals surface area contributed by atoms with E-state index in [1.54, 1.807) is 0 Å². The molecule has 0 amide bonds. The van der Waals surface area contributed by atoms with Gasteiger partial charge in [0.25, 0.3) is 0 Å². The molecule has 0 aromatic rings. The van der Waals surface area contributed by atoms with Crippen LogP contribution in [0.1, 0.15) is 13.3 Å². The summed E-state index contributed by atoms with van der Waals surface area (Å²) in [6.07, 6.45) is -0.578. The Hall–Kier alpha value is -0.770. The Morgan fingerprint density at radius 3 is 2.50 bits per heavy atom. The second-order valence-electron chi connectivity index (χ2n) is 1.71. The maximum atomic E-state index is 9.64. The maximum absolute atomic E-state index is 9.64. The van der Waals surface area contributed by atoms with Crippen LogP contribution in [0.5, 0.6) is 0 Å². The monoisotopic (exact) mass is 147 g/mol. The van der Waals surface area contributed by atoms with Gasteiger partial charge in [0, 0.05) is 6.61 Å². The molecule has 4 heteroatoms. The van der Waals surface area contributed by atoms with Gasteiger partial charge in [-0.05, 0) is 6.42 Å². The molecule has 0 bridgehead atoms. The van der Waals surface area contributed by atoms with Gasteiger partial charge in [-0.1, -0.05) is 6.92 Å². The molecule has 10 heavy (non-hydrogen) atoms. The van der Waals surface area contributed by atoms with Crippen LogP contribution in [-0.4, -0.2) is 26.0 Å². The van der Waals surface area contributed by atoms with E-state index in [1.807, 2.05) is 6.92 Å². The first-order valence-electron chi connectivity index (χ1n) is 3.19. The van der Waals surface area contributed by atoms with Crippen molar-refractivity contribution in [3.63, 3.8) is 0 Å². The van der Waals surface area contributed by atoms with Gasteiger partial charge in [-0.3, -0.25) is 0 Å². The van der Waals surface area contributed by atoms with Crippen LogP contribution in [0.4, 0.5) is 4.79 Å². The molecule has 0 aliphatic rings. The molecule has 1 radical (unpaired) electrons. The minimum atomic E-state index is -1.50. The van der Waals surface area contributed by atoms with Crippen molar-refractivity contribution in [3.05, 3.63) is 0 Å². The average Bonchev–Trinajstić information content (AvgIpc) is 1.87. The van der Waals surface area contributed by atoms with Crippen LogP contribution in [0.3, 0.4) is 0 Å². The maximum Gasteiger partial charge on any atom is 0.550 e. The quantitative estimate of drug-likeness (QED) is 0.430. The molecule has 59 valence electrons. The van der Waals surface area contributed by atoms with Crippen LogP contribution in [0.25, 0.3) is 0 Å². The minimum Gasteiger partial charge on any atom is -0.429 e. The lowest BCUT2D eigenvalue weighted by Gasteiger charge is -1.99. The fourth-order valence-electron chi connectivity index (χ4n) is 0.430. The van der Waals surface area contributed by atoms with Crippen molar-refractivity contribution in [2.24, 2.45) is 0 Å². The second kappa shape index (κ2) is 6.35. The molecule has 0 N–H and O–H groups in total. The molecule has 0 saturated heterocycles. The van der Waals surface area contributed by atoms with Crippen LogP contribution in [0.2, 0.25) is 0 Å². The average molecular weight is 147 g/mol. The van der Waals surface area contributed by atoms with E-state index in [9.17, 15) is 9.90 Å². The standard InChI is InChI=1S/C6H11O4/c1-2-3-9-4-5-10-6(7)8/h2-5H2,1H3. The van der Waals surface area contributed by atoms with Crippen molar-refractivity contribution < 1.29 is 19.4 Å². The number of ether oxygens (including phenoxy) is 2. The third kappa shape index (κ3) is 7.23. The number of rotatable bonds is 5. The van der Waals surface area contributed by atoms with E-state index >= 15 is 0 Å². The highest BCUT2D eigenvalue weighted by atomic mass is 16.7. The summed E-state index contributed by atoms with van der Waals surface area (Å²) in [4.78, 5) is 9.64. The molecule has 0 aromatic heterocycles. The third-order valence-corrected chi connectivity index (χ3v) is 0.796. The van der Waals surface area contributed by atoms with Crippen molar-refractivity contribution in [3.8, 4) is 0 Å². The van der Waals surface area contributed by atoms with Crippen LogP contribution in [0, 0.1) is 0 Å². The zero-order valence-corrected chi connectivity index (χ0v) is 5.96. The molecule has 4 nitrogen and oxygen atoms in total. The smallest absolute Gasteiger partial charge is 0.429 e. The molecule has 0 aromatic carbocycles. The summed E-state index contributed by atoms with van der Waals surface area (Å²) in [6.45, 7) is 2.97. The van der Waals surface area contributed by atoms with Crippen molar-refractivity contribution in [2.45, 2.75) is 13.3 Å². The lowest BCUT2D eigenvalue weighted by atomic mass is 10.5. The molecule has 0 saturated carbocycles. The normalized spacial score (nSPS) is 9.30. The number of hydrogen-bond donors (Lipinski definition) is 0. The minimum absolute atomic E-state index is 0.0579. The summed E-state index contributed by atoms with van der Waals surface area (Å²) in [5.74, 6) is 0. The summed E-state index contributed by atoms with van der Waals surface area (Å²) in [6, 6.07) is 0. The highest BCUT2D eigenvalue weighted by Gasteiger charge is 1.96. The highest BCUT2D eigenvalue weighted by molar-refractivity contribution is 5.56. The summed E-state index contributed by atoms with van der Waals surface area (Å²) in [7, 11) is 0. The topological polar surface area (TPSA) is 55.4 Å². The molecule has 0 unspecified atom stereocenters. The zero-order valence-electron chi connectivity index (χ0n) is 5.96. The first-order chi connectivity index (χ1) is 4.77. The van der Waals surface area contributed by atoms with E-state index in [1.165, 1.54) is 0 Å². The summed E-state index contributed by atoms with van der Waals surface area (Å²) >= 11 is 0. The van der Waals surface area contributed by atoms with Gasteiger partial charge in [0.15, 0.2) is 0 Å². The van der Waals surface area contributed by atoms with Gasteiger partial charge >= 0.3 is 6.16 Å². The van der Waals surface area contributed by atoms with E-state index in [2.05, 4.69) is 4.74 Å². The Balaban J connectivity index is 2.84. The number of carbonyl (C=O) groups is 1. The molecular formula is C6H11O4. The van der Waals surface area contributed by atoms with E-state index in [4.69, 9.17) is 4.74 Å². The lowest BCUT2D eigenvalue weighted by molar-refractivity contribution is 0.0342. The SMILES string of the molecule is CCCOCCOC([O])=O. The van der Waals surface area contributed by atoms with Gasteiger partial charge < -0.3 is 9.47 Å². The van der Waals surface area contributed by atoms with E-state index in [0.29, 0.717) is 13.2 Å². The van der Waals surface area contributed by atoms with Gasteiger partial charge in [-0.25, -0.2) is 0 Å². The molecule has 0 fully saturated rings. The lowest BCUT2D eigenvalue weighted by Crippen LogP contribution is -2.07. The van der Waals surface area contributed by atoms with Crippen LogP contribution in [-0.2, 0) is 14.6 Å². The third-order valence-electron chi connectivity index (χ3n) is 0.796. The number of carbonyl (C=O) groups excluding carboxylic acids is 1. The molecule has 0 heterocycles. The van der Waals surface area contributed by atoms with Crippen LogP contribution in [0.15, 0.2) is 0 Å². The van der Waals surface area contributed by atoms with Crippen molar-refractivity contribution in [2.75, 3.05) is 19.8 Å². The summed E-state index contributed by atoms with van der Waals surface area (Å²) in [5.41, 5.74) is 0. The molecule has 0 aliphatic carbocycles. The zero-order chi connectivity index (χ0) is 7.82. The predicted molar refractivity (Wildman–Crippen MR) is 33.1 cm³/mol. The van der Waals surface area contributed by atoms with Crippen LogP contribution >= 0.6 is 0 Å². The van der Waals surface area contributed by atoms with E-state index in [-0.39, 0.29) is 6.61 Å². The fourth-order valence-corrected chi connectivity index (χ4v) is 0.430. The van der Waals surface area contributed by atoms with Crippen molar-refractivity contribution in [1.29, 1.82) is 0 Å². The number of hydrogen-bond acceptors (Lipinski definition) is 3. The first-order valence-corrected chi connectivity index (χ1v) is 3.19. The van der Waals surface area contributed by atoms with Crippen molar-refractivity contribution in [1.82, 2.24) is 0 Å². The summed E-state index contributed by atoms with van der Waals surface area (Å²) in [5, 5.41) is 9.64. The summed E-state index contributed by atoms with van der Waals surface area (Å²) < 4.78 is 8.99. The molecule has 0 aliphatic heterocycles. The molecule has 0 spiro atoms. The Morgan fingerprint density at radius 1 is 1.30 bits per heavy atom. The Bertz CT molecular complexity index is 91.7. The predicted octanol–water partition coefficient (Wildman–Crippen LogP) is 0.980. The van der Waals surface area contributed by atoms with Gasteiger partial charge in [0.05, 0.1) is 6.61 Å². The van der Waals surface area contributed by atoms with Crippen molar-refractivity contribution >= 4 is 6.16 Å². The molecule has 0 rings (SSSR count). The molecular weight excluding hydrogens is 136 g/mol. The van der Waals surface area contributed by atoms with Crippen LogP contribution < -0.4 is 0 Å². The van der Waals surface area contributed by atoms with Gasteiger partial charge in [0.1, 0.15) is 6.61 Å². The Labute approximate surface area is 59.7 Å².